The number of methoxy groups -OCH3 is 3. The fraction of sp³-hybridized carbons (Fsp3) is 0.562. The fourth-order valence-electron chi connectivity index (χ4n) is 2.17. The number of hydrogen-bond acceptors (Lipinski definition) is 4. The minimum absolute atomic E-state index is 0. The summed E-state index contributed by atoms with van der Waals surface area (Å²) in [5.74, 6) is 2.13. The number of nitrogens with zero attached hydrogens (tertiary/aromatic N) is 1. The molecule has 1 rings (SSSR count). The van der Waals surface area contributed by atoms with E-state index in [1.807, 2.05) is 0 Å². The maximum Gasteiger partial charge on any atom is 0.390 e. The molecule has 1 aromatic carbocycles. The minimum Gasteiger partial charge on any atom is -0.496 e. The summed E-state index contributed by atoms with van der Waals surface area (Å²) in [6, 6.07) is 3.49. The van der Waals surface area contributed by atoms with E-state index in [2.05, 4.69) is 15.6 Å². The third-order valence-electron chi connectivity index (χ3n) is 3.41. The summed E-state index contributed by atoms with van der Waals surface area (Å²) in [4.78, 5) is 3.90. The molecule has 0 radical (unpaired) electrons. The van der Waals surface area contributed by atoms with E-state index in [9.17, 15) is 13.2 Å². The second-order valence-electron chi connectivity index (χ2n) is 5.05. The second-order valence-corrected chi connectivity index (χ2v) is 5.05. The number of benzene rings is 1. The molecule has 0 atom stereocenters. The molecule has 0 amide bonds. The topological polar surface area (TPSA) is 64.1 Å². The molecule has 150 valence electrons. The van der Waals surface area contributed by atoms with Gasteiger partial charge in [0.05, 0.1) is 27.8 Å². The molecule has 2 N–H and O–H groups in total. The molecule has 0 saturated heterocycles. The molecular formula is C16H25F3IN3O3. The molecule has 0 aliphatic carbocycles. The van der Waals surface area contributed by atoms with Gasteiger partial charge in [-0.3, -0.25) is 4.99 Å². The Morgan fingerprint density at radius 3 is 1.96 bits per heavy atom. The third-order valence-corrected chi connectivity index (χ3v) is 3.41. The van der Waals surface area contributed by atoms with Crippen LogP contribution in [0.4, 0.5) is 13.2 Å². The molecule has 0 aliphatic rings. The van der Waals surface area contributed by atoms with Crippen LogP contribution >= 0.6 is 24.0 Å². The van der Waals surface area contributed by atoms with Crippen LogP contribution < -0.4 is 24.8 Å². The van der Waals surface area contributed by atoms with Crippen LogP contribution in [0.25, 0.3) is 0 Å². The van der Waals surface area contributed by atoms with Gasteiger partial charge >= 0.3 is 6.18 Å². The lowest BCUT2D eigenvalue weighted by atomic mass is 10.1. The van der Waals surface area contributed by atoms with Crippen molar-refractivity contribution in [2.24, 2.45) is 4.99 Å². The standard InChI is InChI=1S/C16H24F3N3O3.HI/c1-20-15(22-8-6-16(17,18)19)21-7-5-12-13(24-3)9-11(23-2)10-14(12)25-4;/h9-10H,5-8H2,1-4H3,(H2,20,21,22);1H. The zero-order valence-corrected chi connectivity index (χ0v) is 17.5. The highest BCUT2D eigenvalue weighted by Gasteiger charge is 2.26. The Morgan fingerprint density at radius 1 is 1.00 bits per heavy atom. The maximum atomic E-state index is 12.2. The molecule has 0 bridgehead atoms. The summed E-state index contributed by atoms with van der Waals surface area (Å²) < 4.78 is 52.4. The summed E-state index contributed by atoms with van der Waals surface area (Å²) in [6.45, 7) is 0.198. The summed E-state index contributed by atoms with van der Waals surface area (Å²) in [6.07, 6.45) is -4.60. The van der Waals surface area contributed by atoms with Crippen molar-refractivity contribution in [1.29, 1.82) is 0 Å². The summed E-state index contributed by atoms with van der Waals surface area (Å²) >= 11 is 0. The Labute approximate surface area is 168 Å². The molecule has 0 saturated carbocycles. The zero-order chi connectivity index (χ0) is 18.9. The quantitative estimate of drug-likeness (QED) is 0.333. The largest absolute Gasteiger partial charge is 0.496 e. The monoisotopic (exact) mass is 491 g/mol. The van der Waals surface area contributed by atoms with E-state index in [4.69, 9.17) is 14.2 Å². The SMILES string of the molecule is CN=C(NCCc1c(OC)cc(OC)cc1OC)NCCC(F)(F)F.I. The number of alkyl halides is 3. The third kappa shape index (κ3) is 8.19. The molecule has 0 aliphatic heterocycles. The molecule has 10 heteroatoms. The molecular weight excluding hydrogens is 466 g/mol. The minimum atomic E-state index is -4.20. The van der Waals surface area contributed by atoms with Gasteiger partial charge in [-0.15, -0.1) is 24.0 Å². The van der Waals surface area contributed by atoms with E-state index in [0.29, 0.717) is 36.2 Å². The predicted octanol–water partition coefficient (Wildman–Crippen LogP) is 2.99. The van der Waals surface area contributed by atoms with Crippen molar-refractivity contribution in [2.75, 3.05) is 41.5 Å². The van der Waals surface area contributed by atoms with Crippen molar-refractivity contribution in [1.82, 2.24) is 10.6 Å². The lowest BCUT2D eigenvalue weighted by molar-refractivity contribution is -0.132. The molecule has 26 heavy (non-hydrogen) atoms. The predicted molar refractivity (Wildman–Crippen MR) is 105 cm³/mol. The van der Waals surface area contributed by atoms with Crippen molar-refractivity contribution in [2.45, 2.75) is 19.0 Å². The van der Waals surface area contributed by atoms with Crippen LogP contribution in [0.15, 0.2) is 17.1 Å². The molecule has 6 nitrogen and oxygen atoms in total. The Hall–Kier alpha value is -1.59. The fourth-order valence-corrected chi connectivity index (χ4v) is 2.17. The van der Waals surface area contributed by atoms with Gasteiger partial charge in [0, 0.05) is 37.8 Å². The van der Waals surface area contributed by atoms with Crippen molar-refractivity contribution in [3.05, 3.63) is 17.7 Å². The van der Waals surface area contributed by atoms with E-state index in [1.54, 1.807) is 33.5 Å². The molecule has 0 aromatic heterocycles. The van der Waals surface area contributed by atoms with Gasteiger partial charge in [-0.1, -0.05) is 0 Å². The number of nitrogens with one attached hydrogen (secondary N) is 2. The first-order chi connectivity index (χ1) is 11.8. The van der Waals surface area contributed by atoms with E-state index in [-0.39, 0.29) is 30.5 Å². The lowest BCUT2D eigenvalue weighted by Crippen LogP contribution is -2.39. The van der Waals surface area contributed by atoms with Gasteiger partial charge in [-0.2, -0.15) is 13.2 Å². The zero-order valence-electron chi connectivity index (χ0n) is 15.2. The average Bonchev–Trinajstić information content (AvgIpc) is 2.58. The van der Waals surface area contributed by atoms with Crippen molar-refractivity contribution in [3.8, 4) is 17.2 Å². The smallest absolute Gasteiger partial charge is 0.390 e. The summed E-state index contributed by atoms with van der Waals surface area (Å²) in [5.41, 5.74) is 0.823. The normalized spacial score (nSPS) is 11.4. The first kappa shape index (κ1) is 24.4. The van der Waals surface area contributed by atoms with Crippen LogP contribution in [0.5, 0.6) is 17.2 Å². The molecule has 0 spiro atoms. The van der Waals surface area contributed by atoms with Gasteiger partial charge in [0.1, 0.15) is 17.2 Å². The second kappa shape index (κ2) is 11.9. The van der Waals surface area contributed by atoms with Crippen LogP contribution in [0, 0.1) is 0 Å². The number of hydrogen-bond donors (Lipinski definition) is 2. The molecule has 0 fully saturated rings. The summed E-state index contributed by atoms with van der Waals surface area (Å²) in [7, 11) is 6.13. The Balaban J connectivity index is 0.00000625. The van der Waals surface area contributed by atoms with E-state index >= 15 is 0 Å². The average molecular weight is 491 g/mol. The van der Waals surface area contributed by atoms with Crippen LogP contribution in [0.3, 0.4) is 0 Å². The van der Waals surface area contributed by atoms with Crippen molar-refractivity contribution < 1.29 is 27.4 Å². The van der Waals surface area contributed by atoms with E-state index < -0.39 is 12.6 Å². The van der Waals surface area contributed by atoms with Gasteiger partial charge in [-0.05, 0) is 6.42 Å². The van der Waals surface area contributed by atoms with Crippen molar-refractivity contribution >= 4 is 29.9 Å². The van der Waals surface area contributed by atoms with E-state index in [1.165, 1.54) is 7.05 Å². The van der Waals surface area contributed by atoms with Gasteiger partial charge in [0.15, 0.2) is 5.96 Å². The van der Waals surface area contributed by atoms with E-state index in [0.717, 1.165) is 5.56 Å². The van der Waals surface area contributed by atoms with Gasteiger partial charge in [-0.25, -0.2) is 0 Å². The lowest BCUT2D eigenvalue weighted by Gasteiger charge is -2.16. The summed E-state index contributed by atoms with van der Waals surface area (Å²) in [5, 5.41) is 5.59. The Bertz CT molecular complexity index is 559. The van der Waals surface area contributed by atoms with Crippen LogP contribution in [-0.4, -0.2) is 53.6 Å². The highest BCUT2D eigenvalue weighted by molar-refractivity contribution is 14.0. The number of halogens is 4. The Morgan fingerprint density at radius 2 is 1.54 bits per heavy atom. The number of rotatable bonds is 8. The number of aliphatic imine (C=N–C) groups is 1. The highest BCUT2D eigenvalue weighted by atomic mass is 127. The first-order valence-corrected chi connectivity index (χ1v) is 7.64. The Kier molecular flexibility index (Phi) is 11.2. The first-order valence-electron chi connectivity index (χ1n) is 7.64. The van der Waals surface area contributed by atoms with Crippen LogP contribution in [0.2, 0.25) is 0 Å². The van der Waals surface area contributed by atoms with Crippen molar-refractivity contribution in [3.63, 3.8) is 0 Å². The van der Waals surface area contributed by atoms with Gasteiger partial charge < -0.3 is 24.8 Å². The molecule has 1 aromatic rings. The number of guanidine groups is 1. The highest BCUT2D eigenvalue weighted by Crippen LogP contribution is 2.34. The van der Waals surface area contributed by atoms with Crippen LogP contribution in [-0.2, 0) is 6.42 Å². The molecule has 0 heterocycles. The van der Waals surface area contributed by atoms with Gasteiger partial charge in [0.2, 0.25) is 0 Å². The van der Waals surface area contributed by atoms with Crippen LogP contribution in [0.1, 0.15) is 12.0 Å². The maximum absolute atomic E-state index is 12.2. The van der Waals surface area contributed by atoms with Gasteiger partial charge in [0.25, 0.3) is 0 Å². The number of ether oxygens (including phenoxy) is 3. The molecule has 0 unspecified atom stereocenters.